The van der Waals surface area contributed by atoms with Gasteiger partial charge in [-0.15, -0.1) is 0 Å². The number of rotatable bonds is 5. The van der Waals surface area contributed by atoms with Gasteiger partial charge in [-0.05, 0) is 66.8 Å². The Morgan fingerprint density at radius 2 is 1.79 bits per heavy atom. The van der Waals surface area contributed by atoms with Crippen LogP contribution in [0.25, 0.3) is 11.3 Å². The number of anilines is 1. The first-order chi connectivity index (χ1) is 16.0. The second-order valence-corrected chi connectivity index (χ2v) is 8.83. The van der Waals surface area contributed by atoms with Crippen LogP contribution in [0.15, 0.2) is 93.9 Å². The third-order valence-corrected chi connectivity index (χ3v) is 6.39. The van der Waals surface area contributed by atoms with Crippen molar-refractivity contribution in [1.82, 2.24) is 10.3 Å². The van der Waals surface area contributed by atoms with E-state index in [1.165, 1.54) is 0 Å². The lowest BCUT2D eigenvalue weighted by Gasteiger charge is -2.26. The van der Waals surface area contributed by atoms with E-state index in [0.29, 0.717) is 22.2 Å². The molecule has 5 rings (SSSR count). The van der Waals surface area contributed by atoms with Gasteiger partial charge in [0.25, 0.3) is 0 Å². The number of thiocarbonyl (C=S) groups is 1. The van der Waals surface area contributed by atoms with Gasteiger partial charge in [-0.1, -0.05) is 40.2 Å². The van der Waals surface area contributed by atoms with E-state index < -0.39 is 5.97 Å². The lowest BCUT2D eigenvalue weighted by atomic mass is 10.0. The normalized spacial score (nSPS) is 17.7. The predicted molar refractivity (Wildman–Crippen MR) is 133 cm³/mol. The van der Waals surface area contributed by atoms with Gasteiger partial charge in [0.1, 0.15) is 17.6 Å². The SMILES string of the molecule is O=C(O)c1ccccc1-c1ccc([C@@H]2[C@@H](c3ccccn3)NC(=S)N2c2ccc(Br)cc2)o1. The molecule has 1 aliphatic heterocycles. The molecule has 2 aromatic heterocycles. The molecule has 1 saturated heterocycles. The number of hydrogen-bond donors (Lipinski definition) is 2. The molecule has 1 aliphatic rings. The van der Waals surface area contributed by atoms with Crippen molar-refractivity contribution in [2.24, 2.45) is 0 Å². The highest BCUT2D eigenvalue weighted by Gasteiger charge is 2.42. The predicted octanol–water partition coefficient (Wildman–Crippen LogP) is 5.98. The molecule has 2 atom stereocenters. The summed E-state index contributed by atoms with van der Waals surface area (Å²) in [4.78, 5) is 18.3. The molecule has 2 aromatic carbocycles. The molecule has 0 aliphatic carbocycles. The maximum Gasteiger partial charge on any atom is 0.336 e. The maximum atomic E-state index is 11.7. The third kappa shape index (κ3) is 4.03. The van der Waals surface area contributed by atoms with E-state index in [4.69, 9.17) is 16.6 Å². The Hall–Kier alpha value is -3.49. The van der Waals surface area contributed by atoms with Gasteiger partial charge >= 0.3 is 5.97 Å². The van der Waals surface area contributed by atoms with Crippen molar-refractivity contribution in [3.05, 3.63) is 107 Å². The molecule has 4 aromatic rings. The summed E-state index contributed by atoms with van der Waals surface area (Å²) in [7, 11) is 0. The summed E-state index contributed by atoms with van der Waals surface area (Å²) in [5.74, 6) is 0.127. The average molecular weight is 520 g/mol. The van der Waals surface area contributed by atoms with Crippen LogP contribution in [0.4, 0.5) is 5.69 Å². The smallest absolute Gasteiger partial charge is 0.336 e. The second kappa shape index (κ2) is 8.80. The summed E-state index contributed by atoms with van der Waals surface area (Å²) in [6.07, 6.45) is 1.75. The zero-order valence-electron chi connectivity index (χ0n) is 17.2. The number of aromatic carboxylic acids is 1. The molecule has 0 saturated carbocycles. The number of halogens is 1. The van der Waals surface area contributed by atoms with Crippen molar-refractivity contribution < 1.29 is 14.3 Å². The van der Waals surface area contributed by atoms with Gasteiger partial charge in [-0.25, -0.2) is 4.79 Å². The Balaban J connectivity index is 1.61. The minimum Gasteiger partial charge on any atom is -0.478 e. The van der Waals surface area contributed by atoms with E-state index in [1.54, 1.807) is 36.5 Å². The number of carbonyl (C=O) groups is 1. The van der Waals surface area contributed by atoms with Crippen LogP contribution in [0.1, 0.15) is 33.9 Å². The van der Waals surface area contributed by atoms with Crippen LogP contribution in [0.5, 0.6) is 0 Å². The van der Waals surface area contributed by atoms with Gasteiger partial charge in [-0.2, -0.15) is 0 Å². The van der Waals surface area contributed by atoms with E-state index in [-0.39, 0.29) is 17.6 Å². The first kappa shape index (κ1) is 21.4. The van der Waals surface area contributed by atoms with Crippen LogP contribution in [0.3, 0.4) is 0 Å². The second-order valence-electron chi connectivity index (χ2n) is 7.53. The number of pyridine rings is 1. The van der Waals surface area contributed by atoms with E-state index in [0.717, 1.165) is 15.9 Å². The number of carboxylic acids is 1. The lowest BCUT2D eigenvalue weighted by molar-refractivity contribution is 0.0697. The molecule has 1 fully saturated rings. The third-order valence-electron chi connectivity index (χ3n) is 5.54. The van der Waals surface area contributed by atoms with Crippen molar-refractivity contribution in [3.8, 4) is 11.3 Å². The zero-order chi connectivity index (χ0) is 22.9. The molecule has 0 radical (unpaired) electrons. The van der Waals surface area contributed by atoms with E-state index in [1.807, 2.05) is 53.4 Å². The van der Waals surface area contributed by atoms with Gasteiger partial charge < -0.3 is 19.7 Å². The highest BCUT2D eigenvalue weighted by atomic mass is 79.9. The fraction of sp³-hybridized carbons (Fsp3) is 0.0800. The van der Waals surface area contributed by atoms with Gasteiger partial charge in [0.15, 0.2) is 5.11 Å². The average Bonchev–Trinajstić information content (AvgIpc) is 3.45. The lowest BCUT2D eigenvalue weighted by Crippen LogP contribution is -2.29. The summed E-state index contributed by atoms with van der Waals surface area (Å²) in [6.45, 7) is 0. The Morgan fingerprint density at radius 3 is 2.52 bits per heavy atom. The molecular formula is C25H18BrN3O3S. The zero-order valence-corrected chi connectivity index (χ0v) is 19.6. The maximum absolute atomic E-state index is 11.7. The number of hydrogen-bond acceptors (Lipinski definition) is 4. The molecule has 0 bridgehead atoms. The molecule has 33 heavy (non-hydrogen) atoms. The Morgan fingerprint density at radius 1 is 1.03 bits per heavy atom. The first-order valence-corrected chi connectivity index (χ1v) is 11.4. The number of carboxylic acid groups (broad SMARTS) is 1. The number of furan rings is 1. The molecule has 6 nitrogen and oxygen atoms in total. The molecule has 8 heteroatoms. The summed E-state index contributed by atoms with van der Waals surface area (Å²) >= 11 is 9.20. The van der Waals surface area contributed by atoms with Gasteiger partial charge in [0.2, 0.25) is 0 Å². The number of aromatic nitrogens is 1. The van der Waals surface area contributed by atoms with Gasteiger partial charge in [0.05, 0.1) is 17.3 Å². The Bertz CT molecular complexity index is 1320. The molecule has 3 heterocycles. The minimum absolute atomic E-state index is 0.185. The fourth-order valence-electron chi connectivity index (χ4n) is 4.06. The van der Waals surface area contributed by atoms with Crippen LogP contribution in [0.2, 0.25) is 0 Å². The van der Waals surface area contributed by atoms with Crippen LogP contribution in [-0.4, -0.2) is 21.2 Å². The van der Waals surface area contributed by atoms with Crippen molar-refractivity contribution >= 4 is 44.9 Å². The summed E-state index contributed by atoms with van der Waals surface area (Å²) in [5, 5.41) is 13.5. The molecule has 0 amide bonds. The number of nitrogens with zero attached hydrogens (tertiary/aromatic N) is 2. The van der Waals surface area contributed by atoms with Gasteiger partial charge in [0, 0.05) is 21.9 Å². The standard InChI is InChI=1S/C25H18BrN3O3S/c26-15-8-10-16(11-9-15)29-23(22(28-25(29)33)19-7-3-4-14-27-19)21-13-12-20(32-21)17-5-1-2-6-18(17)24(30)31/h1-14,22-23H,(H,28,33)(H,30,31)/t22-,23-/m1/s1. The van der Waals surface area contributed by atoms with Crippen molar-refractivity contribution in [2.75, 3.05) is 4.90 Å². The first-order valence-electron chi connectivity index (χ1n) is 10.2. The van der Waals surface area contributed by atoms with Crippen LogP contribution < -0.4 is 10.2 Å². The highest BCUT2D eigenvalue weighted by Crippen LogP contribution is 2.43. The number of nitrogens with one attached hydrogen (secondary N) is 1. The van der Waals surface area contributed by atoms with E-state index >= 15 is 0 Å². The van der Waals surface area contributed by atoms with E-state index in [2.05, 4.69) is 26.2 Å². The van der Waals surface area contributed by atoms with Crippen LogP contribution >= 0.6 is 28.1 Å². The highest BCUT2D eigenvalue weighted by molar-refractivity contribution is 9.10. The van der Waals surface area contributed by atoms with Crippen molar-refractivity contribution in [2.45, 2.75) is 12.1 Å². The van der Waals surface area contributed by atoms with Crippen molar-refractivity contribution in [3.63, 3.8) is 0 Å². The molecule has 164 valence electrons. The molecule has 2 N–H and O–H groups in total. The topological polar surface area (TPSA) is 78.6 Å². The van der Waals surface area contributed by atoms with Gasteiger partial charge in [-0.3, -0.25) is 4.98 Å². The Kier molecular flexibility index (Phi) is 5.70. The fourth-order valence-corrected chi connectivity index (χ4v) is 4.67. The Labute approximate surface area is 204 Å². The molecular weight excluding hydrogens is 502 g/mol. The quantitative estimate of drug-likeness (QED) is 0.314. The summed E-state index contributed by atoms with van der Waals surface area (Å²) < 4.78 is 7.24. The van der Waals surface area contributed by atoms with Crippen molar-refractivity contribution in [1.29, 1.82) is 0 Å². The monoisotopic (exact) mass is 519 g/mol. The summed E-state index contributed by atoms with van der Waals surface area (Å²) in [6, 6.07) is 23.5. The summed E-state index contributed by atoms with van der Waals surface area (Å²) in [5.41, 5.74) is 2.44. The molecule has 0 spiro atoms. The molecule has 0 unspecified atom stereocenters. The number of benzene rings is 2. The van der Waals surface area contributed by atoms with Crippen LogP contribution in [0, 0.1) is 0 Å². The van der Waals surface area contributed by atoms with Crippen LogP contribution in [-0.2, 0) is 0 Å². The van der Waals surface area contributed by atoms with E-state index in [9.17, 15) is 9.90 Å². The minimum atomic E-state index is -1.00. The largest absolute Gasteiger partial charge is 0.478 e.